The van der Waals surface area contributed by atoms with Gasteiger partial charge in [0, 0.05) is 33.6 Å². The van der Waals surface area contributed by atoms with Crippen LogP contribution in [0.2, 0.25) is 15.1 Å². The molecule has 4 rings (SSSR count). The summed E-state index contributed by atoms with van der Waals surface area (Å²) < 4.78 is 29.3. The topological polar surface area (TPSA) is 86.8 Å². The highest BCUT2D eigenvalue weighted by atomic mass is 35.5. The van der Waals surface area contributed by atoms with Crippen LogP contribution in [-0.2, 0) is 32.6 Å². The minimum atomic E-state index is -4.30. The van der Waals surface area contributed by atoms with Gasteiger partial charge in [-0.25, -0.2) is 8.42 Å². The summed E-state index contributed by atoms with van der Waals surface area (Å²) in [5, 5.41) is 3.86. The molecular weight excluding hydrogens is 665 g/mol. The van der Waals surface area contributed by atoms with Crippen molar-refractivity contribution >= 4 is 62.3 Å². The van der Waals surface area contributed by atoms with Gasteiger partial charge in [-0.2, -0.15) is 0 Å². The number of hydrogen-bond acceptors (Lipinski definition) is 4. The molecule has 0 unspecified atom stereocenters. The summed E-state index contributed by atoms with van der Waals surface area (Å²) in [6, 6.07) is 26.0. The highest BCUT2D eigenvalue weighted by molar-refractivity contribution is 7.92. The molecule has 2 amide bonds. The largest absolute Gasteiger partial charge is 0.350 e. The Bertz CT molecular complexity index is 1770. The van der Waals surface area contributed by atoms with Gasteiger partial charge < -0.3 is 10.2 Å². The Morgan fingerprint density at radius 3 is 1.98 bits per heavy atom. The fourth-order valence-corrected chi connectivity index (χ4v) is 7.01. The zero-order valence-electron chi connectivity index (χ0n) is 26.0. The van der Waals surface area contributed by atoms with E-state index in [2.05, 4.69) is 5.32 Å². The Morgan fingerprint density at radius 2 is 1.39 bits per heavy atom. The normalized spacial score (nSPS) is 12.3. The second-order valence-corrected chi connectivity index (χ2v) is 15.2. The highest BCUT2D eigenvalue weighted by Gasteiger charge is 2.35. The van der Waals surface area contributed by atoms with E-state index >= 15 is 0 Å². The smallest absolute Gasteiger partial charge is 0.264 e. The Hall–Kier alpha value is -3.56. The van der Waals surface area contributed by atoms with Crippen LogP contribution in [0.15, 0.2) is 102 Å². The number of carbonyl (C=O) groups is 2. The number of benzene rings is 4. The van der Waals surface area contributed by atoms with E-state index in [0.717, 1.165) is 15.4 Å². The maximum atomic E-state index is 14.6. The Kier molecular flexibility index (Phi) is 11.4. The zero-order valence-corrected chi connectivity index (χ0v) is 29.1. The van der Waals surface area contributed by atoms with E-state index in [0.29, 0.717) is 10.6 Å². The lowest BCUT2D eigenvalue weighted by Gasteiger charge is -2.35. The SMILES string of the molecule is Cc1ccc(S(=O)(=O)N(CC(=O)N(Cc2cccc(Cl)c2)[C@H](Cc2ccccc2)C(=O)NC(C)(C)C)c2cc(Cl)cc(Cl)c2)cc1. The lowest BCUT2D eigenvalue weighted by atomic mass is 10.0. The number of rotatable bonds is 11. The van der Waals surface area contributed by atoms with Crippen molar-refractivity contribution in [2.24, 2.45) is 0 Å². The maximum Gasteiger partial charge on any atom is 0.264 e. The van der Waals surface area contributed by atoms with Crippen molar-refractivity contribution < 1.29 is 18.0 Å². The molecule has 0 aliphatic heterocycles. The summed E-state index contributed by atoms with van der Waals surface area (Å²) in [5.74, 6) is -0.998. The number of aryl methyl sites for hydroxylation is 1. The van der Waals surface area contributed by atoms with Gasteiger partial charge in [-0.1, -0.05) is 95.0 Å². The number of carbonyl (C=O) groups excluding carboxylic acids is 2. The number of halogens is 3. The molecule has 0 heterocycles. The Labute approximate surface area is 286 Å². The molecule has 4 aromatic carbocycles. The van der Waals surface area contributed by atoms with E-state index in [4.69, 9.17) is 34.8 Å². The summed E-state index contributed by atoms with van der Waals surface area (Å²) in [5.41, 5.74) is 1.86. The maximum absolute atomic E-state index is 14.6. The summed E-state index contributed by atoms with van der Waals surface area (Å²) >= 11 is 18.9. The number of hydrogen-bond donors (Lipinski definition) is 1. The molecule has 0 spiro atoms. The number of anilines is 1. The molecule has 0 saturated heterocycles. The third-order valence-electron chi connectivity index (χ3n) is 7.03. The number of nitrogens with zero attached hydrogens (tertiary/aromatic N) is 2. The lowest BCUT2D eigenvalue weighted by Crippen LogP contribution is -2.56. The van der Waals surface area contributed by atoms with Crippen molar-refractivity contribution in [3.05, 3.63) is 129 Å². The van der Waals surface area contributed by atoms with Crippen molar-refractivity contribution in [3.63, 3.8) is 0 Å². The monoisotopic (exact) mass is 699 g/mol. The molecule has 46 heavy (non-hydrogen) atoms. The van der Waals surface area contributed by atoms with Crippen molar-refractivity contribution in [2.75, 3.05) is 10.8 Å². The van der Waals surface area contributed by atoms with Gasteiger partial charge in [-0.05, 0) is 81.3 Å². The first-order valence-electron chi connectivity index (χ1n) is 14.6. The van der Waals surface area contributed by atoms with Crippen molar-refractivity contribution in [1.29, 1.82) is 0 Å². The molecule has 0 aromatic heterocycles. The van der Waals surface area contributed by atoms with Crippen molar-refractivity contribution in [2.45, 2.75) is 57.1 Å². The van der Waals surface area contributed by atoms with Crippen LogP contribution >= 0.6 is 34.8 Å². The Morgan fingerprint density at radius 1 is 0.783 bits per heavy atom. The highest BCUT2D eigenvalue weighted by Crippen LogP contribution is 2.30. The predicted molar refractivity (Wildman–Crippen MR) is 186 cm³/mol. The van der Waals surface area contributed by atoms with Gasteiger partial charge in [0.05, 0.1) is 10.6 Å². The fraction of sp³-hybridized carbons (Fsp3) is 0.257. The standard InChI is InChI=1S/C35H36Cl3N3O4S/c1-24-13-15-31(16-14-24)46(44,45)41(30-20-28(37)19-29(38)21-30)23-33(42)40(22-26-11-8-12-27(36)17-26)32(34(43)39-35(2,3)4)18-25-9-6-5-7-10-25/h5-17,19-21,32H,18,22-23H2,1-4H3,(H,39,43)/t32-/m1/s1. The van der Waals surface area contributed by atoms with E-state index in [1.165, 1.54) is 35.2 Å². The summed E-state index contributed by atoms with van der Waals surface area (Å²) in [4.78, 5) is 29.9. The van der Waals surface area contributed by atoms with Crippen molar-refractivity contribution in [3.8, 4) is 0 Å². The van der Waals surface area contributed by atoms with E-state index in [-0.39, 0.29) is 39.5 Å². The fourth-order valence-electron chi connectivity index (χ4n) is 4.89. The van der Waals surface area contributed by atoms with Crippen LogP contribution in [0.4, 0.5) is 5.69 Å². The summed E-state index contributed by atoms with van der Waals surface area (Å²) in [7, 11) is -4.30. The van der Waals surface area contributed by atoms with Crippen LogP contribution in [0.1, 0.15) is 37.5 Å². The molecule has 1 N–H and O–H groups in total. The molecule has 11 heteroatoms. The second-order valence-electron chi connectivity index (χ2n) is 12.0. The molecule has 0 radical (unpaired) electrons. The van der Waals surface area contributed by atoms with E-state index < -0.39 is 34.1 Å². The molecular formula is C35H36Cl3N3O4S. The van der Waals surface area contributed by atoms with Crippen LogP contribution in [0.3, 0.4) is 0 Å². The molecule has 0 bridgehead atoms. The van der Waals surface area contributed by atoms with Crippen LogP contribution in [0.5, 0.6) is 0 Å². The number of nitrogens with one attached hydrogen (secondary N) is 1. The number of sulfonamides is 1. The number of amides is 2. The molecule has 1 atom stereocenters. The summed E-state index contributed by atoms with van der Waals surface area (Å²) in [6.07, 6.45) is 0.183. The molecule has 0 aliphatic rings. The molecule has 242 valence electrons. The van der Waals surface area contributed by atoms with Crippen LogP contribution in [0.25, 0.3) is 0 Å². The van der Waals surface area contributed by atoms with Gasteiger partial charge in [0.1, 0.15) is 12.6 Å². The lowest BCUT2D eigenvalue weighted by molar-refractivity contribution is -0.140. The first-order chi connectivity index (χ1) is 21.6. The van der Waals surface area contributed by atoms with Crippen LogP contribution < -0.4 is 9.62 Å². The predicted octanol–water partition coefficient (Wildman–Crippen LogP) is 7.71. The van der Waals surface area contributed by atoms with Gasteiger partial charge in [-0.15, -0.1) is 0 Å². The average molecular weight is 701 g/mol. The molecule has 0 aliphatic carbocycles. The minimum absolute atomic E-state index is 0.0107. The molecule has 4 aromatic rings. The molecule has 0 saturated carbocycles. The quantitative estimate of drug-likeness (QED) is 0.174. The third kappa shape index (κ3) is 9.48. The van der Waals surface area contributed by atoms with Gasteiger partial charge in [0.25, 0.3) is 10.0 Å². The third-order valence-corrected chi connectivity index (χ3v) is 9.49. The van der Waals surface area contributed by atoms with E-state index in [9.17, 15) is 18.0 Å². The van der Waals surface area contributed by atoms with Gasteiger partial charge in [0.15, 0.2) is 0 Å². The minimum Gasteiger partial charge on any atom is -0.350 e. The zero-order chi connectivity index (χ0) is 33.6. The molecule has 7 nitrogen and oxygen atoms in total. The van der Waals surface area contributed by atoms with Crippen LogP contribution in [0, 0.1) is 6.92 Å². The van der Waals surface area contributed by atoms with Gasteiger partial charge in [0.2, 0.25) is 11.8 Å². The molecule has 0 fully saturated rings. The van der Waals surface area contributed by atoms with Gasteiger partial charge >= 0.3 is 0 Å². The first kappa shape index (κ1) is 35.3. The van der Waals surface area contributed by atoms with Crippen molar-refractivity contribution in [1.82, 2.24) is 10.2 Å². The van der Waals surface area contributed by atoms with E-state index in [1.807, 2.05) is 58.0 Å². The Balaban J connectivity index is 1.84. The first-order valence-corrected chi connectivity index (χ1v) is 17.2. The van der Waals surface area contributed by atoms with E-state index in [1.54, 1.807) is 36.4 Å². The second kappa shape index (κ2) is 14.9. The average Bonchev–Trinajstić information content (AvgIpc) is 2.97. The van der Waals surface area contributed by atoms with Gasteiger partial charge in [-0.3, -0.25) is 13.9 Å². The van der Waals surface area contributed by atoms with Crippen LogP contribution in [-0.4, -0.2) is 43.3 Å². The summed E-state index contributed by atoms with van der Waals surface area (Å²) in [6.45, 7) is 6.76.